The van der Waals surface area contributed by atoms with Crippen molar-refractivity contribution < 1.29 is 19.1 Å². The van der Waals surface area contributed by atoms with Crippen LogP contribution in [0.2, 0.25) is 0 Å². The molecule has 2 aliphatic heterocycles. The lowest BCUT2D eigenvalue weighted by atomic mass is 9.99. The molecule has 6 nitrogen and oxygen atoms in total. The van der Waals surface area contributed by atoms with E-state index in [1.165, 1.54) is 0 Å². The highest BCUT2D eigenvalue weighted by molar-refractivity contribution is 5.73. The summed E-state index contributed by atoms with van der Waals surface area (Å²) in [5, 5.41) is 3.17. The van der Waals surface area contributed by atoms with Gasteiger partial charge in [0.1, 0.15) is 0 Å². The summed E-state index contributed by atoms with van der Waals surface area (Å²) in [6, 6.07) is 0. The molecule has 0 aromatic carbocycles. The van der Waals surface area contributed by atoms with Gasteiger partial charge in [0, 0.05) is 13.1 Å². The number of ether oxygens (including phenoxy) is 2. The lowest BCUT2D eigenvalue weighted by Gasteiger charge is -2.27. The maximum Gasteiger partial charge on any atom is 0.310 e. The SMILES string of the molecule is CCOC(=O)C1CCCN(C)C1.CCOC(=O)C1CCCNC1. The second-order valence-electron chi connectivity index (χ2n) is 6.15. The number of hydrogen-bond donors (Lipinski definition) is 1. The molecule has 2 saturated heterocycles. The van der Waals surface area contributed by atoms with Crippen molar-refractivity contribution in [1.29, 1.82) is 0 Å². The molecule has 0 aromatic heterocycles. The van der Waals surface area contributed by atoms with Crippen LogP contribution in [0.1, 0.15) is 39.5 Å². The third kappa shape index (κ3) is 7.79. The van der Waals surface area contributed by atoms with Crippen molar-refractivity contribution in [2.45, 2.75) is 39.5 Å². The summed E-state index contributed by atoms with van der Waals surface area (Å²) in [5.41, 5.74) is 0. The summed E-state index contributed by atoms with van der Waals surface area (Å²) in [5.74, 6) is 0.149. The lowest BCUT2D eigenvalue weighted by Crippen LogP contribution is -2.36. The summed E-state index contributed by atoms with van der Waals surface area (Å²) in [7, 11) is 2.05. The van der Waals surface area contributed by atoms with Crippen LogP contribution >= 0.6 is 0 Å². The van der Waals surface area contributed by atoms with Crippen molar-refractivity contribution in [2.24, 2.45) is 11.8 Å². The van der Waals surface area contributed by atoms with Crippen LogP contribution in [0.25, 0.3) is 0 Å². The largest absolute Gasteiger partial charge is 0.466 e. The van der Waals surface area contributed by atoms with Gasteiger partial charge in [0.15, 0.2) is 0 Å². The molecule has 0 saturated carbocycles. The summed E-state index contributed by atoms with van der Waals surface area (Å²) in [6.07, 6.45) is 4.17. The zero-order valence-electron chi connectivity index (χ0n) is 14.8. The predicted octanol–water partition coefficient (Wildman–Crippen LogP) is 1.44. The number of carbonyl (C=O) groups excluding carboxylic acids is 2. The third-order valence-electron chi connectivity index (χ3n) is 4.16. The highest BCUT2D eigenvalue weighted by Crippen LogP contribution is 2.16. The van der Waals surface area contributed by atoms with E-state index in [2.05, 4.69) is 10.2 Å². The molecule has 0 aromatic rings. The van der Waals surface area contributed by atoms with Crippen molar-refractivity contribution in [3.05, 3.63) is 0 Å². The van der Waals surface area contributed by atoms with Gasteiger partial charge in [-0.05, 0) is 59.7 Å². The molecule has 2 atom stereocenters. The highest BCUT2D eigenvalue weighted by Gasteiger charge is 2.24. The molecule has 0 bridgehead atoms. The average Bonchev–Trinajstić information content (AvgIpc) is 2.57. The summed E-state index contributed by atoms with van der Waals surface area (Å²) < 4.78 is 9.87. The summed E-state index contributed by atoms with van der Waals surface area (Å²) in [4.78, 5) is 24.6. The molecule has 0 radical (unpaired) electrons. The summed E-state index contributed by atoms with van der Waals surface area (Å²) >= 11 is 0. The number of nitrogens with one attached hydrogen (secondary N) is 1. The Morgan fingerprint density at radius 2 is 1.65 bits per heavy atom. The van der Waals surface area contributed by atoms with Crippen LogP contribution in [-0.2, 0) is 19.1 Å². The zero-order chi connectivity index (χ0) is 17.1. The van der Waals surface area contributed by atoms with E-state index in [4.69, 9.17) is 9.47 Å². The van der Waals surface area contributed by atoms with Crippen LogP contribution in [0.5, 0.6) is 0 Å². The van der Waals surface area contributed by atoms with Crippen molar-refractivity contribution >= 4 is 11.9 Å². The Hall–Kier alpha value is -1.14. The molecule has 2 aliphatic rings. The van der Waals surface area contributed by atoms with Gasteiger partial charge in [-0.1, -0.05) is 0 Å². The Labute approximate surface area is 139 Å². The fourth-order valence-corrected chi connectivity index (χ4v) is 2.93. The van der Waals surface area contributed by atoms with Crippen LogP contribution in [0.15, 0.2) is 0 Å². The fraction of sp³-hybridized carbons (Fsp3) is 0.882. The molecule has 0 spiro atoms. The van der Waals surface area contributed by atoms with Crippen molar-refractivity contribution in [1.82, 2.24) is 10.2 Å². The maximum atomic E-state index is 11.3. The monoisotopic (exact) mass is 328 g/mol. The van der Waals surface area contributed by atoms with Gasteiger partial charge >= 0.3 is 11.9 Å². The second-order valence-corrected chi connectivity index (χ2v) is 6.15. The van der Waals surface area contributed by atoms with Crippen LogP contribution < -0.4 is 5.32 Å². The normalized spacial score (nSPS) is 25.0. The smallest absolute Gasteiger partial charge is 0.310 e. The molecule has 23 heavy (non-hydrogen) atoms. The van der Waals surface area contributed by atoms with E-state index in [0.717, 1.165) is 51.9 Å². The van der Waals surface area contributed by atoms with E-state index in [0.29, 0.717) is 13.2 Å². The summed E-state index contributed by atoms with van der Waals surface area (Å²) in [6.45, 7) is 8.48. The van der Waals surface area contributed by atoms with E-state index in [-0.39, 0.29) is 23.8 Å². The van der Waals surface area contributed by atoms with Gasteiger partial charge < -0.3 is 19.7 Å². The Bertz CT molecular complexity index is 357. The van der Waals surface area contributed by atoms with E-state index >= 15 is 0 Å². The molecular formula is C17H32N2O4. The first-order chi connectivity index (χ1) is 11.1. The van der Waals surface area contributed by atoms with Crippen molar-refractivity contribution in [3.63, 3.8) is 0 Å². The maximum absolute atomic E-state index is 11.3. The zero-order valence-corrected chi connectivity index (χ0v) is 14.8. The van der Waals surface area contributed by atoms with Crippen molar-refractivity contribution in [2.75, 3.05) is 46.4 Å². The topological polar surface area (TPSA) is 67.9 Å². The molecule has 0 amide bonds. The van der Waals surface area contributed by atoms with Crippen LogP contribution in [0, 0.1) is 11.8 Å². The number of likely N-dealkylation sites (tertiary alicyclic amines) is 1. The second kappa shape index (κ2) is 11.4. The number of nitrogens with zero attached hydrogens (tertiary/aromatic N) is 1. The predicted molar refractivity (Wildman–Crippen MR) is 89.1 cm³/mol. The minimum atomic E-state index is -0.0419. The van der Waals surface area contributed by atoms with E-state index in [9.17, 15) is 9.59 Å². The molecule has 2 heterocycles. The number of carbonyl (C=O) groups is 2. The fourth-order valence-electron chi connectivity index (χ4n) is 2.93. The molecule has 2 rings (SSSR count). The van der Waals surface area contributed by atoms with E-state index in [1.807, 2.05) is 20.9 Å². The van der Waals surface area contributed by atoms with Crippen LogP contribution in [0.4, 0.5) is 0 Å². The standard InChI is InChI=1S/C9H17NO2.C8H15NO2/c1-3-12-9(11)8-5-4-6-10(2)7-8;1-2-11-8(10)7-4-3-5-9-6-7/h8H,3-7H2,1-2H3;7,9H,2-6H2,1H3. The van der Waals surface area contributed by atoms with Gasteiger partial charge in [-0.25, -0.2) is 0 Å². The Morgan fingerprint density at radius 3 is 2.17 bits per heavy atom. The molecule has 134 valence electrons. The molecular weight excluding hydrogens is 296 g/mol. The van der Waals surface area contributed by atoms with Crippen LogP contribution in [-0.4, -0.2) is 63.3 Å². The third-order valence-corrected chi connectivity index (χ3v) is 4.16. The molecule has 0 aliphatic carbocycles. The Morgan fingerprint density at radius 1 is 1.04 bits per heavy atom. The van der Waals surface area contributed by atoms with Crippen molar-refractivity contribution in [3.8, 4) is 0 Å². The minimum absolute atomic E-state index is 0.0240. The molecule has 6 heteroatoms. The van der Waals surface area contributed by atoms with E-state index < -0.39 is 0 Å². The molecule has 1 N–H and O–H groups in total. The van der Waals surface area contributed by atoms with Crippen LogP contribution in [0.3, 0.4) is 0 Å². The first-order valence-corrected chi connectivity index (χ1v) is 8.81. The van der Waals surface area contributed by atoms with Gasteiger partial charge in [0.05, 0.1) is 25.0 Å². The van der Waals surface area contributed by atoms with E-state index in [1.54, 1.807) is 0 Å². The van der Waals surface area contributed by atoms with Gasteiger partial charge in [-0.15, -0.1) is 0 Å². The Balaban J connectivity index is 0.000000231. The molecule has 2 fully saturated rings. The number of esters is 2. The first-order valence-electron chi connectivity index (χ1n) is 8.81. The average molecular weight is 328 g/mol. The number of hydrogen-bond acceptors (Lipinski definition) is 6. The van der Waals surface area contributed by atoms with Gasteiger partial charge in [-0.2, -0.15) is 0 Å². The first kappa shape index (κ1) is 19.9. The van der Waals surface area contributed by atoms with Gasteiger partial charge in [0.2, 0.25) is 0 Å². The number of rotatable bonds is 4. The minimum Gasteiger partial charge on any atom is -0.466 e. The Kier molecular flexibility index (Phi) is 9.87. The highest BCUT2D eigenvalue weighted by atomic mass is 16.5. The number of piperidine rings is 2. The van der Waals surface area contributed by atoms with Gasteiger partial charge in [0.25, 0.3) is 0 Å². The lowest BCUT2D eigenvalue weighted by molar-refractivity contribution is -0.150. The quantitative estimate of drug-likeness (QED) is 0.788. The molecule has 2 unspecified atom stereocenters. The van der Waals surface area contributed by atoms with Gasteiger partial charge in [-0.3, -0.25) is 9.59 Å².